The summed E-state index contributed by atoms with van der Waals surface area (Å²) in [5.74, 6) is 0. The Labute approximate surface area is 116 Å². The van der Waals surface area contributed by atoms with Crippen LogP contribution in [0.3, 0.4) is 0 Å². The first-order valence-electron chi connectivity index (χ1n) is 6.69. The number of nitrogens with zero attached hydrogens (tertiary/aromatic N) is 3. The normalized spacial score (nSPS) is 19.2. The summed E-state index contributed by atoms with van der Waals surface area (Å²) in [6, 6.07) is 6.96. The topological polar surface area (TPSA) is 85.3 Å². The Hall–Kier alpha value is -2.21. The molecular weight excluding hydrogens is 256 g/mol. The minimum atomic E-state index is -0.365. The molecule has 6 nitrogen and oxygen atoms in total. The van der Waals surface area contributed by atoms with Crippen LogP contribution in [0, 0.1) is 10.1 Å². The van der Waals surface area contributed by atoms with Crippen LogP contribution >= 0.6 is 0 Å². The van der Waals surface area contributed by atoms with Gasteiger partial charge in [-0.15, -0.1) is 0 Å². The maximum absolute atomic E-state index is 11.1. The lowest BCUT2D eigenvalue weighted by Crippen LogP contribution is -2.42. The number of anilines is 1. The van der Waals surface area contributed by atoms with E-state index in [9.17, 15) is 10.1 Å². The number of hydrogen-bond acceptors (Lipinski definition) is 5. The molecule has 1 aliphatic rings. The van der Waals surface area contributed by atoms with Crippen LogP contribution in [-0.4, -0.2) is 29.0 Å². The predicted molar refractivity (Wildman–Crippen MR) is 77.8 cm³/mol. The molecule has 1 fully saturated rings. The molecule has 1 saturated heterocycles. The number of pyridine rings is 1. The average molecular weight is 272 g/mol. The number of nitrogens with two attached hydrogens (primary N) is 1. The summed E-state index contributed by atoms with van der Waals surface area (Å²) in [6.07, 6.45) is 3.72. The summed E-state index contributed by atoms with van der Waals surface area (Å²) in [4.78, 5) is 17.2. The van der Waals surface area contributed by atoms with Crippen molar-refractivity contribution in [1.29, 1.82) is 0 Å². The SMILES string of the molecule is N[C@@H]1CCCN(c2ccc([N+](=O)[O-])c3cccnc23)C1. The van der Waals surface area contributed by atoms with E-state index >= 15 is 0 Å². The molecule has 1 aromatic heterocycles. The second-order valence-electron chi connectivity index (χ2n) is 5.11. The number of rotatable bonds is 2. The van der Waals surface area contributed by atoms with Crippen molar-refractivity contribution in [3.05, 3.63) is 40.6 Å². The van der Waals surface area contributed by atoms with Crippen molar-refractivity contribution in [3.63, 3.8) is 0 Å². The van der Waals surface area contributed by atoms with Crippen LogP contribution in [0.4, 0.5) is 11.4 Å². The van der Waals surface area contributed by atoms with Crippen LogP contribution < -0.4 is 10.6 Å². The molecule has 0 radical (unpaired) electrons. The Morgan fingerprint density at radius 3 is 3.00 bits per heavy atom. The summed E-state index contributed by atoms with van der Waals surface area (Å²) in [5.41, 5.74) is 7.72. The molecule has 1 atom stereocenters. The van der Waals surface area contributed by atoms with Gasteiger partial charge in [-0.2, -0.15) is 0 Å². The summed E-state index contributed by atoms with van der Waals surface area (Å²) >= 11 is 0. The molecule has 2 heterocycles. The summed E-state index contributed by atoms with van der Waals surface area (Å²) < 4.78 is 0. The number of hydrogen-bond donors (Lipinski definition) is 1. The molecule has 104 valence electrons. The highest BCUT2D eigenvalue weighted by atomic mass is 16.6. The zero-order valence-electron chi connectivity index (χ0n) is 11.0. The minimum Gasteiger partial charge on any atom is -0.368 e. The lowest BCUT2D eigenvalue weighted by Gasteiger charge is -2.33. The van der Waals surface area contributed by atoms with E-state index in [1.165, 1.54) is 0 Å². The second-order valence-corrected chi connectivity index (χ2v) is 5.11. The first kappa shape index (κ1) is 12.8. The van der Waals surface area contributed by atoms with E-state index in [0.717, 1.165) is 31.6 Å². The Morgan fingerprint density at radius 2 is 2.25 bits per heavy atom. The van der Waals surface area contributed by atoms with Crippen molar-refractivity contribution in [2.45, 2.75) is 18.9 Å². The quantitative estimate of drug-likeness (QED) is 0.668. The van der Waals surface area contributed by atoms with Crippen LogP contribution in [0.15, 0.2) is 30.5 Å². The molecule has 0 amide bonds. The molecule has 3 rings (SSSR count). The van der Waals surface area contributed by atoms with Crippen molar-refractivity contribution in [3.8, 4) is 0 Å². The van der Waals surface area contributed by atoms with Gasteiger partial charge in [0.05, 0.1) is 16.0 Å². The van der Waals surface area contributed by atoms with Crippen molar-refractivity contribution in [1.82, 2.24) is 4.98 Å². The van der Waals surface area contributed by atoms with Gasteiger partial charge in [-0.3, -0.25) is 15.1 Å². The molecule has 1 aliphatic heterocycles. The van der Waals surface area contributed by atoms with Gasteiger partial charge in [0.1, 0.15) is 5.52 Å². The van der Waals surface area contributed by atoms with Crippen LogP contribution in [0.2, 0.25) is 0 Å². The van der Waals surface area contributed by atoms with E-state index < -0.39 is 0 Å². The highest BCUT2D eigenvalue weighted by Gasteiger charge is 2.22. The molecular formula is C14H16N4O2. The Bertz CT molecular complexity index is 659. The van der Waals surface area contributed by atoms with Gasteiger partial charge in [0, 0.05) is 31.4 Å². The zero-order valence-corrected chi connectivity index (χ0v) is 11.0. The fourth-order valence-corrected chi connectivity index (χ4v) is 2.79. The van der Waals surface area contributed by atoms with Gasteiger partial charge in [-0.25, -0.2) is 0 Å². The molecule has 0 spiro atoms. The van der Waals surface area contributed by atoms with E-state index in [4.69, 9.17) is 5.73 Å². The van der Waals surface area contributed by atoms with Gasteiger partial charge < -0.3 is 10.6 Å². The lowest BCUT2D eigenvalue weighted by atomic mass is 10.0. The van der Waals surface area contributed by atoms with Crippen molar-refractivity contribution in [2.24, 2.45) is 5.73 Å². The third kappa shape index (κ3) is 2.18. The smallest absolute Gasteiger partial charge is 0.278 e. The zero-order chi connectivity index (χ0) is 14.1. The van der Waals surface area contributed by atoms with E-state index in [-0.39, 0.29) is 16.7 Å². The van der Waals surface area contributed by atoms with Gasteiger partial charge in [-0.05, 0) is 31.0 Å². The average Bonchev–Trinajstić information content (AvgIpc) is 2.46. The molecule has 6 heteroatoms. The van der Waals surface area contributed by atoms with Crippen LogP contribution in [0.25, 0.3) is 10.9 Å². The highest BCUT2D eigenvalue weighted by molar-refractivity contribution is 5.97. The summed E-state index contributed by atoms with van der Waals surface area (Å²) in [6.45, 7) is 1.68. The van der Waals surface area contributed by atoms with Crippen LogP contribution in [0.5, 0.6) is 0 Å². The van der Waals surface area contributed by atoms with Gasteiger partial charge in [-0.1, -0.05) is 0 Å². The number of fused-ring (bicyclic) bond motifs is 1. The van der Waals surface area contributed by atoms with Crippen LogP contribution in [-0.2, 0) is 0 Å². The third-order valence-electron chi connectivity index (χ3n) is 3.72. The van der Waals surface area contributed by atoms with Crippen molar-refractivity contribution < 1.29 is 4.92 Å². The highest BCUT2D eigenvalue weighted by Crippen LogP contribution is 2.33. The van der Waals surface area contributed by atoms with Crippen LogP contribution in [0.1, 0.15) is 12.8 Å². The van der Waals surface area contributed by atoms with Crippen molar-refractivity contribution >= 4 is 22.3 Å². The Balaban J connectivity index is 2.12. The van der Waals surface area contributed by atoms with Gasteiger partial charge in [0.15, 0.2) is 0 Å². The Morgan fingerprint density at radius 1 is 1.40 bits per heavy atom. The molecule has 2 N–H and O–H groups in total. The first-order valence-corrected chi connectivity index (χ1v) is 6.69. The summed E-state index contributed by atoms with van der Waals surface area (Å²) in [7, 11) is 0. The van der Waals surface area contributed by atoms with E-state index in [0.29, 0.717) is 10.9 Å². The number of nitro groups is 1. The second kappa shape index (κ2) is 5.05. The third-order valence-corrected chi connectivity index (χ3v) is 3.72. The first-order chi connectivity index (χ1) is 9.66. The largest absolute Gasteiger partial charge is 0.368 e. The maximum Gasteiger partial charge on any atom is 0.278 e. The van der Waals surface area contributed by atoms with Gasteiger partial charge >= 0.3 is 0 Å². The number of benzene rings is 1. The molecule has 2 aromatic rings. The number of piperidine rings is 1. The van der Waals surface area contributed by atoms with Crippen molar-refractivity contribution in [2.75, 3.05) is 18.0 Å². The van der Waals surface area contributed by atoms with E-state index in [1.54, 1.807) is 30.5 Å². The monoisotopic (exact) mass is 272 g/mol. The Kier molecular flexibility index (Phi) is 3.23. The summed E-state index contributed by atoms with van der Waals surface area (Å²) in [5, 5.41) is 11.7. The van der Waals surface area contributed by atoms with E-state index in [1.807, 2.05) is 0 Å². The number of nitro benzene ring substituents is 1. The number of aromatic nitrogens is 1. The number of non-ortho nitro benzene ring substituents is 1. The molecule has 0 bridgehead atoms. The molecule has 0 saturated carbocycles. The van der Waals surface area contributed by atoms with Gasteiger partial charge in [0.25, 0.3) is 5.69 Å². The molecule has 0 unspecified atom stereocenters. The predicted octanol–water partition coefficient (Wildman–Crippen LogP) is 2.07. The fourth-order valence-electron chi connectivity index (χ4n) is 2.79. The minimum absolute atomic E-state index is 0.0955. The molecule has 1 aromatic carbocycles. The maximum atomic E-state index is 11.1. The lowest BCUT2D eigenvalue weighted by molar-refractivity contribution is -0.383. The van der Waals surface area contributed by atoms with E-state index in [2.05, 4.69) is 9.88 Å². The van der Waals surface area contributed by atoms with Gasteiger partial charge in [0.2, 0.25) is 0 Å². The molecule has 0 aliphatic carbocycles. The molecule has 20 heavy (non-hydrogen) atoms. The fraction of sp³-hybridized carbons (Fsp3) is 0.357. The standard InChI is InChI=1S/C14H16N4O2/c15-10-3-2-8-17(9-10)13-6-5-12(18(19)20)11-4-1-7-16-14(11)13/h1,4-7,10H,2-3,8-9,15H2/t10-/m1/s1.